The second-order valence-corrected chi connectivity index (χ2v) is 4.93. The Balaban J connectivity index is 1.96. The van der Waals surface area contributed by atoms with Gasteiger partial charge < -0.3 is 15.2 Å². The lowest BCUT2D eigenvalue weighted by molar-refractivity contribution is -0.118. The number of hydrogen-bond donors (Lipinski definition) is 1. The molecule has 1 aromatic rings. The van der Waals surface area contributed by atoms with Gasteiger partial charge in [0.2, 0.25) is 5.91 Å². The lowest BCUT2D eigenvalue weighted by Gasteiger charge is -2.32. The number of nitrogens with zero attached hydrogens (tertiary/aromatic N) is 3. The van der Waals surface area contributed by atoms with Crippen molar-refractivity contribution in [2.24, 2.45) is 5.73 Å². The van der Waals surface area contributed by atoms with Crippen LogP contribution in [-0.4, -0.2) is 40.0 Å². The summed E-state index contributed by atoms with van der Waals surface area (Å²) < 4.78 is 2.21. The summed E-state index contributed by atoms with van der Waals surface area (Å²) in [5, 5.41) is 0. The Hall–Kier alpha value is -1.36. The second kappa shape index (κ2) is 6.00. The van der Waals surface area contributed by atoms with Crippen molar-refractivity contribution in [3.8, 4) is 0 Å². The van der Waals surface area contributed by atoms with Crippen molar-refractivity contribution in [3.05, 3.63) is 18.2 Å². The number of aryl methyl sites for hydroxylation is 1. The van der Waals surface area contributed by atoms with Crippen LogP contribution >= 0.6 is 0 Å². The number of carbonyl (C=O) groups excluding carboxylic acids is 1. The van der Waals surface area contributed by atoms with Crippen molar-refractivity contribution in [1.82, 2.24) is 14.5 Å². The second-order valence-electron chi connectivity index (χ2n) is 4.93. The number of aromatic nitrogens is 2. The maximum Gasteiger partial charge on any atom is 0.218 e. The van der Waals surface area contributed by atoms with E-state index in [1.807, 2.05) is 12.4 Å². The van der Waals surface area contributed by atoms with E-state index in [1.54, 1.807) is 0 Å². The van der Waals surface area contributed by atoms with Gasteiger partial charge in [0.1, 0.15) is 5.82 Å². The fourth-order valence-corrected chi connectivity index (χ4v) is 2.69. The molecule has 1 amide bonds. The number of rotatable bonds is 5. The highest BCUT2D eigenvalue weighted by Crippen LogP contribution is 2.25. The van der Waals surface area contributed by atoms with Crippen LogP contribution in [0.25, 0.3) is 0 Å². The molecule has 0 aliphatic carbocycles. The predicted octanol–water partition coefficient (Wildman–Crippen LogP) is 0.958. The minimum atomic E-state index is -0.216. The topological polar surface area (TPSA) is 64.2 Å². The number of primary amides is 1. The van der Waals surface area contributed by atoms with Crippen LogP contribution in [0.2, 0.25) is 0 Å². The molecule has 0 aromatic carbocycles. The van der Waals surface area contributed by atoms with E-state index in [-0.39, 0.29) is 5.91 Å². The zero-order chi connectivity index (χ0) is 13.0. The molecule has 5 heteroatoms. The Labute approximate surface area is 108 Å². The summed E-state index contributed by atoms with van der Waals surface area (Å²) in [6, 6.07) is 0. The predicted molar refractivity (Wildman–Crippen MR) is 70.1 cm³/mol. The first-order valence-corrected chi connectivity index (χ1v) is 6.72. The highest BCUT2D eigenvalue weighted by atomic mass is 16.1. The Morgan fingerprint density at radius 3 is 3.17 bits per heavy atom. The lowest BCUT2D eigenvalue weighted by Crippen LogP contribution is -2.37. The number of carbonyl (C=O) groups is 1. The third-order valence-corrected chi connectivity index (χ3v) is 3.63. The van der Waals surface area contributed by atoms with Crippen LogP contribution < -0.4 is 5.73 Å². The van der Waals surface area contributed by atoms with Crippen LogP contribution in [0.1, 0.15) is 37.9 Å². The normalized spacial score (nSPS) is 21.1. The van der Waals surface area contributed by atoms with Crippen molar-refractivity contribution in [2.45, 2.75) is 38.6 Å². The smallest absolute Gasteiger partial charge is 0.218 e. The Bertz CT molecular complexity index is 401. The number of piperidine rings is 1. The minimum absolute atomic E-state index is 0.216. The van der Waals surface area contributed by atoms with E-state index in [9.17, 15) is 4.79 Å². The molecule has 100 valence electrons. The largest absolute Gasteiger partial charge is 0.370 e. The molecule has 1 aliphatic rings. The molecule has 2 heterocycles. The molecule has 1 fully saturated rings. The molecule has 1 aliphatic heterocycles. The summed E-state index contributed by atoms with van der Waals surface area (Å²) in [7, 11) is 0. The van der Waals surface area contributed by atoms with Gasteiger partial charge in [0.25, 0.3) is 0 Å². The maximum atomic E-state index is 10.8. The molecule has 5 nitrogen and oxygen atoms in total. The van der Waals surface area contributed by atoms with Gasteiger partial charge in [-0.15, -0.1) is 0 Å². The van der Waals surface area contributed by atoms with E-state index in [2.05, 4.69) is 21.4 Å². The molecule has 1 aromatic heterocycles. The summed E-state index contributed by atoms with van der Waals surface area (Å²) in [6.45, 7) is 5.94. The van der Waals surface area contributed by atoms with Crippen LogP contribution in [0.4, 0.5) is 0 Å². The van der Waals surface area contributed by atoms with E-state index >= 15 is 0 Å². The Kier molecular flexibility index (Phi) is 4.36. The van der Waals surface area contributed by atoms with Crippen LogP contribution in [0.15, 0.2) is 12.4 Å². The first-order chi connectivity index (χ1) is 8.70. The number of imidazole rings is 1. The van der Waals surface area contributed by atoms with Crippen molar-refractivity contribution in [1.29, 1.82) is 0 Å². The van der Waals surface area contributed by atoms with Gasteiger partial charge in [-0.05, 0) is 26.3 Å². The van der Waals surface area contributed by atoms with Crippen LogP contribution in [0.5, 0.6) is 0 Å². The number of likely N-dealkylation sites (tertiary alicyclic amines) is 1. The quantitative estimate of drug-likeness (QED) is 0.846. The van der Waals surface area contributed by atoms with Crippen LogP contribution in [0, 0.1) is 0 Å². The summed E-state index contributed by atoms with van der Waals surface area (Å²) in [4.78, 5) is 17.6. The van der Waals surface area contributed by atoms with Crippen molar-refractivity contribution in [3.63, 3.8) is 0 Å². The highest BCUT2D eigenvalue weighted by molar-refractivity contribution is 5.73. The van der Waals surface area contributed by atoms with E-state index in [0.29, 0.717) is 12.3 Å². The van der Waals surface area contributed by atoms with Crippen molar-refractivity contribution >= 4 is 5.91 Å². The monoisotopic (exact) mass is 250 g/mol. The molecule has 0 unspecified atom stereocenters. The maximum absolute atomic E-state index is 10.8. The molecule has 0 saturated carbocycles. The van der Waals surface area contributed by atoms with E-state index < -0.39 is 0 Å². The molecule has 0 bridgehead atoms. The molecule has 18 heavy (non-hydrogen) atoms. The lowest BCUT2D eigenvalue weighted by atomic mass is 9.97. The summed E-state index contributed by atoms with van der Waals surface area (Å²) in [6.07, 6.45) is 6.72. The highest BCUT2D eigenvalue weighted by Gasteiger charge is 2.24. The molecule has 0 spiro atoms. The summed E-state index contributed by atoms with van der Waals surface area (Å²) >= 11 is 0. The Morgan fingerprint density at radius 1 is 1.61 bits per heavy atom. The van der Waals surface area contributed by atoms with Gasteiger partial charge in [-0.3, -0.25) is 4.79 Å². The van der Waals surface area contributed by atoms with Crippen LogP contribution in [-0.2, 0) is 11.3 Å². The third-order valence-electron chi connectivity index (χ3n) is 3.63. The SMILES string of the molecule is CCn1ccnc1[C@H]1CCCN(CCC(N)=O)C1. The van der Waals surface area contributed by atoms with E-state index in [1.165, 1.54) is 18.7 Å². The van der Waals surface area contributed by atoms with Gasteiger partial charge >= 0.3 is 0 Å². The minimum Gasteiger partial charge on any atom is -0.370 e. The van der Waals surface area contributed by atoms with Gasteiger partial charge in [-0.25, -0.2) is 4.98 Å². The fourth-order valence-electron chi connectivity index (χ4n) is 2.69. The number of hydrogen-bond acceptors (Lipinski definition) is 3. The Morgan fingerprint density at radius 2 is 2.44 bits per heavy atom. The summed E-state index contributed by atoms with van der Waals surface area (Å²) in [5.41, 5.74) is 5.20. The molecule has 0 radical (unpaired) electrons. The zero-order valence-electron chi connectivity index (χ0n) is 11.0. The van der Waals surface area contributed by atoms with Gasteiger partial charge in [-0.1, -0.05) is 0 Å². The van der Waals surface area contributed by atoms with Gasteiger partial charge in [0.15, 0.2) is 0 Å². The van der Waals surface area contributed by atoms with Gasteiger partial charge in [0, 0.05) is 44.4 Å². The van der Waals surface area contributed by atoms with Gasteiger partial charge in [-0.2, -0.15) is 0 Å². The molecule has 1 atom stereocenters. The average Bonchev–Trinajstić information content (AvgIpc) is 2.85. The van der Waals surface area contributed by atoms with Crippen molar-refractivity contribution in [2.75, 3.05) is 19.6 Å². The molecular formula is C13H22N4O. The molecule has 2 N–H and O–H groups in total. The zero-order valence-corrected chi connectivity index (χ0v) is 11.0. The average molecular weight is 250 g/mol. The fraction of sp³-hybridized carbons (Fsp3) is 0.692. The van der Waals surface area contributed by atoms with E-state index in [4.69, 9.17) is 5.73 Å². The first-order valence-electron chi connectivity index (χ1n) is 6.72. The third kappa shape index (κ3) is 3.10. The molecule has 2 rings (SSSR count). The molecule has 1 saturated heterocycles. The number of amides is 1. The van der Waals surface area contributed by atoms with E-state index in [0.717, 1.165) is 26.2 Å². The number of nitrogens with two attached hydrogens (primary N) is 1. The summed E-state index contributed by atoms with van der Waals surface area (Å²) in [5.74, 6) is 1.45. The van der Waals surface area contributed by atoms with Crippen molar-refractivity contribution < 1.29 is 4.79 Å². The van der Waals surface area contributed by atoms with Gasteiger partial charge in [0.05, 0.1) is 0 Å². The standard InChI is InChI=1S/C13H22N4O/c1-2-17-9-6-15-13(17)11-4-3-7-16(10-11)8-5-12(14)18/h6,9,11H,2-5,7-8,10H2,1H3,(H2,14,18)/t11-/m0/s1. The molecular weight excluding hydrogens is 228 g/mol. The first kappa shape index (κ1) is 13.1. The van der Waals surface area contributed by atoms with Crippen LogP contribution in [0.3, 0.4) is 0 Å².